The molecule has 1 aromatic carbocycles. The minimum Gasteiger partial charge on any atom is -0.306 e. The highest BCUT2D eigenvalue weighted by molar-refractivity contribution is 9.10. The number of aromatic nitrogens is 1. The molecule has 0 unspecified atom stereocenters. The number of nitro benzene ring substituents is 1. The highest BCUT2D eigenvalue weighted by Crippen LogP contribution is 2.24. The fourth-order valence-electron chi connectivity index (χ4n) is 1.75. The number of rotatable bonds is 3. The van der Waals surface area contributed by atoms with Crippen molar-refractivity contribution in [3.8, 4) is 0 Å². The zero-order valence-corrected chi connectivity index (χ0v) is 12.3. The van der Waals surface area contributed by atoms with Gasteiger partial charge in [0.05, 0.1) is 15.6 Å². The lowest BCUT2D eigenvalue weighted by atomic mass is 10.1. The van der Waals surface area contributed by atoms with Gasteiger partial charge in [-0.15, -0.1) is 0 Å². The third-order valence-corrected chi connectivity index (χ3v) is 3.39. The van der Waals surface area contributed by atoms with Gasteiger partial charge in [0.2, 0.25) is 0 Å². The number of carbonyl (C=O) groups excluding carboxylic acids is 1. The molecule has 108 valence electrons. The smallest absolute Gasteiger partial charge is 0.273 e. The second kappa shape index (κ2) is 5.96. The number of hydrogen-bond donors (Lipinski definition) is 1. The van der Waals surface area contributed by atoms with Gasteiger partial charge in [-0.05, 0) is 35.0 Å². The van der Waals surface area contributed by atoms with Crippen molar-refractivity contribution in [3.05, 3.63) is 62.0 Å². The van der Waals surface area contributed by atoms with Crippen LogP contribution in [-0.2, 0) is 0 Å². The Morgan fingerprint density at radius 2 is 2.19 bits per heavy atom. The molecule has 21 heavy (non-hydrogen) atoms. The van der Waals surface area contributed by atoms with E-state index in [4.69, 9.17) is 0 Å². The predicted octanol–water partition coefficient (Wildman–Crippen LogP) is 3.45. The maximum atomic E-state index is 12.9. The Morgan fingerprint density at radius 1 is 1.48 bits per heavy atom. The SMILES string of the molecule is Cc1c(C(=O)Nc2ncc(F)cc2Br)cccc1[N+](=O)[O-]. The van der Waals surface area contributed by atoms with Crippen LogP contribution in [0.15, 0.2) is 34.9 Å². The van der Waals surface area contributed by atoms with Crippen LogP contribution in [0.1, 0.15) is 15.9 Å². The molecule has 1 amide bonds. The number of benzene rings is 1. The van der Waals surface area contributed by atoms with Crippen LogP contribution in [0.2, 0.25) is 0 Å². The molecule has 0 saturated heterocycles. The van der Waals surface area contributed by atoms with E-state index in [1.165, 1.54) is 25.1 Å². The van der Waals surface area contributed by atoms with E-state index in [0.717, 1.165) is 12.3 Å². The van der Waals surface area contributed by atoms with Gasteiger partial charge < -0.3 is 5.32 Å². The van der Waals surface area contributed by atoms with E-state index < -0.39 is 16.6 Å². The Kier molecular flexibility index (Phi) is 4.27. The normalized spacial score (nSPS) is 10.2. The molecule has 0 spiro atoms. The van der Waals surface area contributed by atoms with E-state index in [1.54, 1.807) is 0 Å². The molecule has 0 bridgehead atoms. The van der Waals surface area contributed by atoms with E-state index >= 15 is 0 Å². The Labute approximate surface area is 127 Å². The van der Waals surface area contributed by atoms with Crippen molar-refractivity contribution in [1.82, 2.24) is 4.98 Å². The lowest BCUT2D eigenvalue weighted by Crippen LogP contribution is -2.15. The van der Waals surface area contributed by atoms with Crippen LogP contribution >= 0.6 is 15.9 Å². The van der Waals surface area contributed by atoms with Crippen LogP contribution in [0.4, 0.5) is 15.9 Å². The molecule has 8 heteroatoms. The van der Waals surface area contributed by atoms with Gasteiger partial charge in [-0.3, -0.25) is 14.9 Å². The summed E-state index contributed by atoms with van der Waals surface area (Å²) in [4.78, 5) is 26.2. The Balaban J connectivity index is 2.33. The standard InChI is InChI=1S/C13H9BrFN3O3/c1-7-9(3-2-4-11(7)18(20)21)13(19)17-12-10(14)5-8(15)6-16-12/h2-6H,1H3,(H,16,17,19). The number of hydrogen-bond acceptors (Lipinski definition) is 4. The quantitative estimate of drug-likeness (QED) is 0.676. The van der Waals surface area contributed by atoms with Crippen molar-refractivity contribution in [2.24, 2.45) is 0 Å². The van der Waals surface area contributed by atoms with Crippen molar-refractivity contribution in [3.63, 3.8) is 0 Å². The maximum Gasteiger partial charge on any atom is 0.273 e. The van der Waals surface area contributed by atoms with Gasteiger partial charge in [-0.25, -0.2) is 9.37 Å². The molecule has 1 heterocycles. The van der Waals surface area contributed by atoms with Gasteiger partial charge in [-0.2, -0.15) is 0 Å². The summed E-state index contributed by atoms with van der Waals surface area (Å²) in [7, 11) is 0. The summed E-state index contributed by atoms with van der Waals surface area (Å²) in [5.41, 5.74) is 0.259. The average molecular weight is 354 g/mol. The fraction of sp³-hybridized carbons (Fsp3) is 0.0769. The topological polar surface area (TPSA) is 85.1 Å². The highest BCUT2D eigenvalue weighted by Gasteiger charge is 2.18. The number of anilines is 1. The largest absolute Gasteiger partial charge is 0.306 e. The van der Waals surface area contributed by atoms with Gasteiger partial charge in [0.1, 0.15) is 11.6 Å². The summed E-state index contributed by atoms with van der Waals surface area (Å²) in [6.45, 7) is 1.49. The summed E-state index contributed by atoms with van der Waals surface area (Å²) in [6.07, 6.45) is 0.959. The number of carbonyl (C=O) groups is 1. The zero-order chi connectivity index (χ0) is 15.6. The molecule has 1 aromatic heterocycles. The molecule has 6 nitrogen and oxygen atoms in total. The third kappa shape index (κ3) is 3.22. The van der Waals surface area contributed by atoms with Gasteiger partial charge in [-0.1, -0.05) is 6.07 Å². The maximum absolute atomic E-state index is 12.9. The van der Waals surface area contributed by atoms with E-state index in [1.807, 2.05) is 0 Å². The number of pyridine rings is 1. The monoisotopic (exact) mass is 353 g/mol. The van der Waals surface area contributed by atoms with Crippen molar-refractivity contribution in [2.45, 2.75) is 6.92 Å². The molecule has 0 radical (unpaired) electrons. The zero-order valence-electron chi connectivity index (χ0n) is 10.8. The molecule has 0 saturated carbocycles. The molecular weight excluding hydrogens is 345 g/mol. The van der Waals surface area contributed by atoms with Gasteiger partial charge in [0.25, 0.3) is 11.6 Å². The number of nitro groups is 1. The van der Waals surface area contributed by atoms with Crippen molar-refractivity contribution in [1.29, 1.82) is 0 Å². The first-order chi connectivity index (χ1) is 9.90. The van der Waals surface area contributed by atoms with Crippen molar-refractivity contribution >= 4 is 33.3 Å². The highest BCUT2D eigenvalue weighted by atomic mass is 79.9. The van der Waals surface area contributed by atoms with Gasteiger partial charge in [0.15, 0.2) is 0 Å². The molecule has 1 N–H and O–H groups in total. The first-order valence-corrected chi connectivity index (χ1v) is 6.56. The fourth-order valence-corrected chi connectivity index (χ4v) is 2.17. The lowest BCUT2D eigenvalue weighted by molar-refractivity contribution is -0.385. The van der Waals surface area contributed by atoms with Crippen molar-refractivity contribution < 1.29 is 14.1 Å². The molecule has 0 aliphatic carbocycles. The van der Waals surface area contributed by atoms with Crippen LogP contribution in [-0.4, -0.2) is 15.8 Å². The predicted molar refractivity (Wildman–Crippen MR) is 77.7 cm³/mol. The summed E-state index contributed by atoms with van der Waals surface area (Å²) in [6, 6.07) is 5.36. The Morgan fingerprint density at radius 3 is 2.81 bits per heavy atom. The van der Waals surface area contributed by atoms with Gasteiger partial charge >= 0.3 is 0 Å². The van der Waals surface area contributed by atoms with Crippen LogP contribution in [0.5, 0.6) is 0 Å². The summed E-state index contributed by atoms with van der Waals surface area (Å²) >= 11 is 3.08. The number of halogens is 2. The van der Waals surface area contributed by atoms with E-state index in [9.17, 15) is 19.3 Å². The molecule has 2 aromatic rings. The minimum atomic E-state index is -0.559. The van der Waals surface area contributed by atoms with Crippen LogP contribution in [0.25, 0.3) is 0 Å². The van der Waals surface area contributed by atoms with E-state index in [0.29, 0.717) is 0 Å². The van der Waals surface area contributed by atoms with Crippen LogP contribution < -0.4 is 5.32 Å². The average Bonchev–Trinajstić information content (AvgIpc) is 2.41. The number of nitrogens with zero attached hydrogens (tertiary/aromatic N) is 2. The second-order valence-electron chi connectivity index (χ2n) is 4.14. The Hall–Kier alpha value is -2.35. The van der Waals surface area contributed by atoms with E-state index in [-0.39, 0.29) is 27.1 Å². The van der Waals surface area contributed by atoms with Gasteiger partial charge in [0, 0.05) is 17.2 Å². The molecule has 0 aliphatic rings. The number of amides is 1. The van der Waals surface area contributed by atoms with Crippen LogP contribution in [0, 0.1) is 22.9 Å². The van der Waals surface area contributed by atoms with E-state index in [2.05, 4.69) is 26.2 Å². The summed E-state index contributed by atoms with van der Waals surface area (Å²) < 4.78 is 13.2. The first kappa shape index (κ1) is 15.0. The molecule has 0 aliphatic heterocycles. The summed E-state index contributed by atoms with van der Waals surface area (Å²) in [5.74, 6) is -0.977. The third-order valence-electron chi connectivity index (χ3n) is 2.79. The van der Waals surface area contributed by atoms with Crippen molar-refractivity contribution in [2.75, 3.05) is 5.32 Å². The Bertz CT molecular complexity index is 737. The molecular formula is C13H9BrFN3O3. The molecule has 2 rings (SSSR count). The molecule has 0 fully saturated rings. The first-order valence-electron chi connectivity index (χ1n) is 5.76. The van der Waals surface area contributed by atoms with Crippen LogP contribution in [0.3, 0.4) is 0 Å². The number of nitrogens with one attached hydrogen (secondary N) is 1. The second-order valence-corrected chi connectivity index (χ2v) is 5.00. The minimum absolute atomic E-state index is 0.132. The molecule has 0 atom stereocenters. The summed E-state index contributed by atoms with van der Waals surface area (Å²) in [5, 5.41) is 13.3. The lowest BCUT2D eigenvalue weighted by Gasteiger charge is -2.08.